The monoisotopic (exact) mass is 494 g/mol. The van der Waals surface area contributed by atoms with Gasteiger partial charge in [-0.1, -0.05) is 36.4 Å². The second kappa shape index (κ2) is 12.6. The zero-order chi connectivity index (χ0) is 26.1. The van der Waals surface area contributed by atoms with Crippen molar-refractivity contribution in [3.05, 3.63) is 89.2 Å². The third-order valence-electron chi connectivity index (χ3n) is 5.88. The van der Waals surface area contributed by atoms with E-state index in [0.717, 1.165) is 5.56 Å². The van der Waals surface area contributed by atoms with Crippen LogP contribution in [0.15, 0.2) is 66.7 Å². The molecule has 0 radical (unpaired) electrons. The average Bonchev–Trinajstić information content (AvgIpc) is 2.90. The summed E-state index contributed by atoms with van der Waals surface area (Å²) < 4.78 is 29.4. The lowest BCUT2D eigenvalue weighted by atomic mass is 10.1. The Balaban J connectivity index is 1.79. The molecule has 0 aliphatic heterocycles. The number of hydrogen-bond acceptors (Lipinski definition) is 5. The molecule has 0 aliphatic rings. The van der Waals surface area contributed by atoms with Gasteiger partial charge in [0, 0.05) is 18.7 Å². The summed E-state index contributed by atoms with van der Waals surface area (Å²) in [6.45, 7) is 2.07. The Morgan fingerprint density at radius 1 is 0.861 bits per heavy atom. The molecule has 7 nitrogen and oxygen atoms in total. The van der Waals surface area contributed by atoms with Crippen molar-refractivity contribution in [3.63, 3.8) is 0 Å². The van der Waals surface area contributed by atoms with Crippen molar-refractivity contribution in [1.82, 2.24) is 10.2 Å². The summed E-state index contributed by atoms with van der Waals surface area (Å²) in [6.07, 6.45) is 0.0473. The zero-order valence-electron chi connectivity index (χ0n) is 20.9. The molecular weight excluding hydrogens is 463 g/mol. The molecule has 0 aliphatic carbocycles. The Morgan fingerprint density at radius 3 is 2.17 bits per heavy atom. The molecule has 1 atom stereocenters. The van der Waals surface area contributed by atoms with Crippen molar-refractivity contribution >= 4 is 11.8 Å². The Hall–Kier alpha value is -4.07. The summed E-state index contributed by atoms with van der Waals surface area (Å²) in [4.78, 5) is 28.0. The third kappa shape index (κ3) is 6.75. The molecule has 0 aromatic heterocycles. The van der Waals surface area contributed by atoms with Crippen molar-refractivity contribution < 1.29 is 28.2 Å². The van der Waals surface area contributed by atoms with Gasteiger partial charge in [0.2, 0.25) is 11.8 Å². The van der Waals surface area contributed by atoms with Gasteiger partial charge in [-0.3, -0.25) is 9.59 Å². The smallest absolute Gasteiger partial charge is 0.242 e. The highest BCUT2D eigenvalue weighted by Gasteiger charge is 2.26. The third-order valence-corrected chi connectivity index (χ3v) is 5.88. The highest BCUT2D eigenvalue weighted by atomic mass is 19.1. The average molecular weight is 495 g/mol. The Labute approximate surface area is 210 Å². The summed E-state index contributed by atoms with van der Waals surface area (Å²) in [6, 6.07) is 17.7. The molecule has 0 spiro atoms. The highest BCUT2D eigenvalue weighted by Crippen LogP contribution is 2.28. The first-order valence-electron chi connectivity index (χ1n) is 11.5. The SMILES string of the molecule is COc1ccccc1CNC(=O)[C@@H](C)N(Cc1ccc(F)cc1)C(=O)Cc1ccc(OC)c(OC)c1. The number of benzene rings is 3. The second-order valence-electron chi connectivity index (χ2n) is 8.22. The van der Waals surface area contributed by atoms with Crippen molar-refractivity contribution in [3.8, 4) is 17.2 Å². The summed E-state index contributed by atoms with van der Waals surface area (Å²) in [5.41, 5.74) is 2.24. The van der Waals surface area contributed by atoms with E-state index in [0.29, 0.717) is 28.4 Å². The molecular formula is C28H31FN2O5. The van der Waals surface area contributed by atoms with E-state index in [1.165, 1.54) is 24.1 Å². The topological polar surface area (TPSA) is 77.1 Å². The molecule has 0 heterocycles. The first kappa shape index (κ1) is 26.5. The van der Waals surface area contributed by atoms with Crippen LogP contribution in [0.4, 0.5) is 4.39 Å². The lowest BCUT2D eigenvalue weighted by Crippen LogP contribution is -2.48. The fraction of sp³-hybridized carbons (Fsp3) is 0.286. The largest absolute Gasteiger partial charge is 0.496 e. The van der Waals surface area contributed by atoms with Gasteiger partial charge in [0.15, 0.2) is 11.5 Å². The molecule has 0 unspecified atom stereocenters. The number of amides is 2. The number of para-hydroxylation sites is 1. The van der Waals surface area contributed by atoms with E-state index < -0.39 is 6.04 Å². The lowest BCUT2D eigenvalue weighted by Gasteiger charge is -2.29. The van der Waals surface area contributed by atoms with Gasteiger partial charge in [-0.25, -0.2) is 4.39 Å². The zero-order valence-corrected chi connectivity index (χ0v) is 20.9. The first-order chi connectivity index (χ1) is 17.4. The van der Waals surface area contributed by atoms with E-state index in [4.69, 9.17) is 14.2 Å². The molecule has 3 aromatic carbocycles. The van der Waals surface area contributed by atoms with Gasteiger partial charge in [-0.2, -0.15) is 0 Å². The van der Waals surface area contributed by atoms with Crippen LogP contribution < -0.4 is 19.5 Å². The summed E-state index contributed by atoms with van der Waals surface area (Å²) in [5.74, 6) is 0.786. The van der Waals surface area contributed by atoms with E-state index in [-0.39, 0.29) is 37.1 Å². The van der Waals surface area contributed by atoms with Crippen LogP contribution in [0.2, 0.25) is 0 Å². The maximum Gasteiger partial charge on any atom is 0.242 e. The minimum Gasteiger partial charge on any atom is -0.496 e. The fourth-order valence-electron chi connectivity index (χ4n) is 3.81. The standard InChI is InChI=1S/C28H31FN2O5/c1-19(28(33)30-17-22-7-5-6-8-24(22)34-2)31(18-20-9-12-23(29)13-10-20)27(32)16-21-11-14-25(35-3)26(15-21)36-4/h5-15,19H,16-18H2,1-4H3,(H,30,33)/t19-/m1/s1. The number of halogens is 1. The van der Waals surface area contributed by atoms with Crippen LogP contribution >= 0.6 is 0 Å². The van der Waals surface area contributed by atoms with E-state index in [1.807, 2.05) is 24.3 Å². The quantitative estimate of drug-likeness (QED) is 0.434. The number of carbonyl (C=O) groups is 2. The normalized spacial score (nSPS) is 11.4. The number of ether oxygens (including phenoxy) is 3. The van der Waals surface area contributed by atoms with E-state index in [9.17, 15) is 14.0 Å². The molecule has 3 aromatic rings. The summed E-state index contributed by atoms with van der Waals surface area (Å²) in [5, 5.41) is 2.89. The molecule has 0 saturated heterocycles. The molecule has 0 fully saturated rings. The van der Waals surface area contributed by atoms with Crippen LogP contribution in [-0.4, -0.2) is 44.1 Å². The fourth-order valence-corrected chi connectivity index (χ4v) is 3.81. The van der Waals surface area contributed by atoms with Crippen LogP contribution in [0, 0.1) is 5.82 Å². The Kier molecular flexibility index (Phi) is 9.27. The number of nitrogens with one attached hydrogen (secondary N) is 1. The predicted molar refractivity (Wildman–Crippen MR) is 135 cm³/mol. The number of nitrogens with zero attached hydrogens (tertiary/aromatic N) is 1. The molecule has 0 bridgehead atoms. The predicted octanol–water partition coefficient (Wildman–Crippen LogP) is 4.13. The van der Waals surface area contributed by atoms with Crippen molar-refractivity contribution in [2.75, 3.05) is 21.3 Å². The number of carbonyl (C=O) groups excluding carboxylic acids is 2. The van der Waals surface area contributed by atoms with Crippen LogP contribution in [0.5, 0.6) is 17.2 Å². The van der Waals surface area contributed by atoms with Crippen LogP contribution in [0.3, 0.4) is 0 Å². The van der Waals surface area contributed by atoms with Gasteiger partial charge >= 0.3 is 0 Å². The van der Waals surface area contributed by atoms with Crippen LogP contribution in [0.25, 0.3) is 0 Å². The Bertz CT molecular complexity index is 1180. The van der Waals surface area contributed by atoms with Crippen molar-refractivity contribution in [2.45, 2.75) is 32.5 Å². The van der Waals surface area contributed by atoms with Gasteiger partial charge in [0.05, 0.1) is 27.8 Å². The van der Waals surface area contributed by atoms with Crippen LogP contribution in [0.1, 0.15) is 23.6 Å². The minimum atomic E-state index is -0.780. The summed E-state index contributed by atoms with van der Waals surface area (Å²) >= 11 is 0. The number of hydrogen-bond donors (Lipinski definition) is 1. The highest BCUT2D eigenvalue weighted by molar-refractivity contribution is 5.88. The maximum absolute atomic E-state index is 13.4. The molecule has 190 valence electrons. The van der Waals surface area contributed by atoms with Gasteiger partial charge < -0.3 is 24.4 Å². The molecule has 3 rings (SSSR count). The lowest BCUT2D eigenvalue weighted by molar-refractivity contribution is -0.140. The first-order valence-corrected chi connectivity index (χ1v) is 11.5. The number of rotatable bonds is 11. The molecule has 36 heavy (non-hydrogen) atoms. The van der Waals surface area contributed by atoms with E-state index in [1.54, 1.807) is 51.5 Å². The second-order valence-corrected chi connectivity index (χ2v) is 8.22. The molecule has 1 N–H and O–H groups in total. The van der Waals surface area contributed by atoms with Gasteiger partial charge in [-0.15, -0.1) is 0 Å². The van der Waals surface area contributed by atoms with Crippen molar-refractivity contribution in [1.29, 1.82) is 0 Å². The van der Waals surface area contributed by atoms with Crippen molar-refractivity contribution in [2.24, 2.45) is 0 Å². The minimum absolute atomic E-state index is 0.0473. The van der Waals surface area contributed by atoms with Crippen LogP contribution in [-0.2, 0) is 29.1 Å². The van der Waals surface area contributed by atoms with Gasteiger partial charge in [0.1, 0.15) is 17.6 Å². The Morgan fingerprint density at radius 2 is 1.50 bits per heavy atom. The molecule has 0 saturated carbocycles. The van der Waals surface area contributed by atoms with E-state index in [2.05, 4.69) is 5.32 Å². The number of methoxy groups -OCH3 is 3. The molecule has 8 heteroatoms. The van der Waals surface area contributed by atoms with Gasteiger partial charge in [-0.05, 0) is 48.4 Å². The molecule has 2 amide bonds. The summed E-state index contributed by atoms with van der Waals surface area (Å²) in [7, 11) is 4.64. The van der Waals surface area contributed by atoms with E-state index >= 15 is 0 Å². The van der Waals surface area contributed by atoms with Gasteiger partial charge in [0.25, 0.3) is 0 Å². The maximum atomic E-state index is 13.4.